The van der Waals surface area contributed by atoms with Crippen LogP contribution in [-0.2, 0) is 0 Å². The van der Waals surface area contributed by atoms with Gasteiger partial charge in [0.25, 0.3) is 5.91 Å². The maximum absolute atomic E-state index is 13.5. The zero-order chi connectivity index (χ0) is 21.7. The quantitative estimate of drug-likeness (QED) is 0.578. The molecule has 0 bridgehead atoms. The van der Waals surface area contributed by atoms with Crippen molar-refractivity contribution in [2.45, 2.75) is 19.9 Å². The van der Waals surface area contributed by atoms with Crippen LogP contribution >= 0.6 is 23.2 Å². The average Bonchev–Trinajstić information content (AvgIpc) is 2.96. The molecule has 4 rings (SSSR count). The molecule has 0 saturated heterocycles. The van der Waals surface area contributed by atoms with Crippen LogP contribution in [0.15, 0.2) is 39.5 Å². The van der Waals surface area contributed by atoms with E-state index in [4.69, 9.17) is 27.6 Å². The lowest BCUT2D eigenvalue weighted by atomic mass is 9.97. The molecule has 2 heterocycles. The number of hydrogen-bond donors (Lipinski definition) is 0. The number of nitrogens with zero attached hydrogens (tertiary/aromatic N) is 2. The Kier molecular flexibility index (Phi) is 5.39. The van der Waals surface area contributed by atoms with Crippen molar-refractivity contribution in [2.24, 2.45) is 0 Å². The van der Waals surface area contributed by atoms with E-state index in [0.717, 1.165) is 16.7 Å². The predicted octanol–water partition coefficient (Wildman–Crippen LogP) is 4.82. The number of rotatable bonds is 4. The molecule has 0 N–H and O–H groups in total. The van der Waals surface area contributed by atoms with E-state index in [2.05, 4.69) is 0 Å². The van der Waals surface area contributed by atoms with Crippen LogP contribution in [0.1, 0.15) is 38.9 Å². The van der Waals surface area contributed by atoms with Gasteiger partial charge in [0.2, 0.25) is 5.76 Å². The number of likely N-dealkylation sites (N-methyl/N-ethyl adjacent to an activating group) is 1. The minimum atomic E-state index is -0.579. The Hall–Kier alpha value is -2.34. The van der Waals surface area contributed by atoms with Gasteiger partial charge in [-0.2, -0.15) is 0 Å². The Morgan fingerprint density at radius 2 is 1.73 bits per heavy atom. The molecule has 2 aromatic carbocycles. The van der Waals surface area contributed by atoms with Gasteiger partial charge in [0, 0.05) is 13.1 Å². The van der Waals surface area contributed by atoms with Crippen LogP contribution in [-0.4, -0.2) is 42.9 Å². The van der Waals surface area contributed by atoms with Gasteiger partial charge in [-0.15, -0.1) is 0 Å². The topological polar surface area (TPSA) is 53.8 Å². The summed E-state index contributed by atoms with van der Waals surface area (Å²) in [5.74, 6) is -0.189. The van der Waals surface area contributed by atoms with E-state index in [1.54, 1.807) is 23.1 Å². The molecule has 1 aromatic heterocycles. The SMILES string of the molecule is Cc1cc2oc3c(c(=O)c2cc1C)[C@H](c1ccc(Cl)c(Cl)c1)N(CCN(C)C)C3=O. The Morgan fingerprint density at radius 1 is 1.03 bits per heavy atom. The summed E-state index contributed by atoms with van der Waals surface area (Å²) in [6.45, 7) is 4.98. The number of carbonyl (C=O) groups is 1. The summed E-state index contributed by atoms with van der Waals surface area (Å²) in [7, 11) is 3.87. The maximum atomic E-state index is 13.5. The Bertz CT molecular complexity index is 1230. The monoisotopic (exact) mass is 444 g/mol. The summed E-state index contributed by atoms with van der Waals surface area (Å²) in [6.07, 6.45) is 0. The van der Waals surface area contributed by atoms with Gasteiger partial charge in [-0.05, 0) is 68.9 Å². The molecule has 1 atom stereocenters. The minimum Gasteiger partial charge on any atom is -0.450 e. The minimum absolute atomic E-state index is 0.102. The van der Waals surface area contributed by atoms with E-state index in [1.165, 1.54) is 0 Å². The van der Waals surface area contributed by atoms with Gasteiger partial charge < -0.3 is 14.2 Å². The highest BCUT2D eigenvalue weighted by atomic mass is 35.5. The highest BCUT2D eigenvalue weighted by Crippen LogP contribution is 2.39. The van der Waals surface area contributed by atoms with E-state index in [0.29, 0.717) is 39.7 Å². The van der Waals surface area contributed by atoms with Gasteiger partial charge in [-0.1, -0.05) is 29.3 Å². The smallest absolute Gasteiger partial charge is 0.290 e. The van der Waals surface area contributed by atoms with Crippen molar-refractivity contribution >= 4 is 40.1 Å². The number of aryl methyl sites for hydroxylation is 2. The zero-order valence-corrected chi connectivity index (χ0v) is 18.8. The molecule has 5 nitrogen and oxygen atoms in total. The van der Waals surface area contributed by atoms with Crippen LogP contribution < -0.4 is 5.43 Å². The van der Waals surface area contributed by atoms with Crippen molar-refractivity contribution in [2.75, 3.05) is 27.2 Å². The molecule has 30 heavy (non-hydrogen) atoms. The van der Waals surface area contributed by atoms with E-state index in [9.17, 15) is 9.59 Å². The lowest BCUT2D eigenvalue weighted by Crippen LogP contribution is -2.35. The Balaban J connectivity index is 1.97. The van der Waals surface area contributed by atoms with E-state index < -0.39 is 6.04 Å². The van der Waals surface area contributed by atoms with Crippen LogP contribution in [0.3, 0.4) is 0 Å². The fourth-order valence-corrected chi connectivity index (χ4v) is 4.15. The molecule has 0 aliphatic carbocycles. The average molecular weight is 445 g/mol. The number of fused-ring (bicyclic) bond motifs is 2. The summed E-state index contributed by atoms with van der Waals surface area (Å²) >= 11 is 12.4. The summed E-state index contributed by atoms with van der Waals surface area (Å²) < 4.78 is 6.01. The van der Waals surface area contributed by atoms with Gasteiger partial charge in [0.05, 0.1) is 27.0 Å². The number of amides is 1. The third-order valence-corrected chi connectivity index (χ3v) is 6.37. The molecule has 0 unspecified atom stereocenters. The Morgan fingerprint density at radius 3 is 2.40 bits per heavy atom. The van der Waals surface area contributed by atoms with Gasteiger partial charge in [0.15, 0.2) is 5.43 Å². The highest BCUT2D eigenvalue weighted by molar-refractivity contribution is 6.42. The second kappa shape index (κ2) is 7.73. The highest BCUT2D eigenvalue weighted by Gasteiger charge is 2.42. The van der Waals surface area contributed by atoms with Crippen LogP contribution in [0, 0.1) is 13.8 Å². The molecule has 7 heteroatoms. The molecule has 1 aliphatic rings. The van der Waals surface area contributed by atoms with E-state index in [-0.39, 0.29) is 17.1 Å². The van der Waals surface area contributed by atoms with Crippen molar-refractivity contribution in [1.82, 2.24) is 9.80 Å². The van der Waals surface area contributed by atoms with Crippen molar-refractivity contribution in [3.63, 3.8) is 0 Å². The third-order valence-electron chi connectivity index (χ3n) is 5.63. The molecule has 0 saturated carbocycles. The largest absolute Gasteiger partial charge is 0.450 e. The first-order valence-electron chi connectivity index (χ1n) is 9.67. The number of hydrogen-bond acceptors (Lipinski definition) is 4. The number of halogens is 2. The van der Waals surface area contributed by atoms with Gasteiger partial charge in [-0.25, -0.2) is 0 Å². The first kappa shape index (κ1) is 20.9. The second-order valence-electron chi connectivity index (χ2n) is 7.98. The molecule has 1 aliphatic heterocycles. The molecular formula is C23H22Cl2N2O3. The lowest BCUT2D eigenvalue weighted by Gasteiger charge is -2.26. The zero-order valence-electron chi connectivity index (χ0n) is 17.3. The summed E-state index contributed by atoms with van der Waals surface area (Å²) in [6, 6.07) is 8.26. The second-order valence-corrected chi connectivity index (χ2v) is 8.80. The summed E-state index contributed by atoms with van der Waals surface area (Å²) in [4.78, 5) is 30.5. The van der Waals surface area contributed by atoms with E-state index >= 15 is 0 Å². The van der Waals surface area contributed by atoms with E-state index in [1.807, 2.05) is 45.0 Å². The lowest BCUT2D eigenvalue weighted by molar-refractivity contribution is 0.0716. The third kappa shape index (κ3) is 3.41. The summed E-state index contributed by atoms with van der Waals surface area (Å²) in [5.41, 5.74) is 3.32. The predicted molar refractivity (Wildman–Crippen MR) is 120 cm³/mol. The van der Waals surface area contributed by atoms with Crippen LogP contribution in [0.2, 0.25) is 10.0 Å². The van der Waals surface area contributed by atoms with Crippen LogP contribution in [0.4, 0.5) is 0 Å². The first-order valence-corrected chi connectivity index (χ1v) is 10.4. The molecule has 0 radical (unpaired) electrons. The van der Waals surface area contributed by atoms with Crippen LogP contribution in [0.25, 0.3) is 11.0 Å². The normalized spacial score (nSPS) is 16.0. The van der Waals surface area contributed by atoms with Crippen molar-refractivity contribution < 1.29 is 9.21 Å². The molecule has 3 aromatic rings. The number of benzene rings is 2. The molecule has 0 spiro atoms. The first-order chi connectivity index (χ1) is 14.2. The van der Waals surface area contributed by atoms with Gasteiger partial charge in [0.1, 0.15) is 5.58 Å². The number of carbonyl (C=O) groups excluding carboxylic acids is 1. The fourth-order valence-electron chi connectivity index (χ4n) is 3.84. The van der Waals surface area contributed by atoms with Crippen molar-refractivity contribution in [3.05, 3.63) is 78.6 Å². The Labute approximate surface area is 184 Å². The molecule has 156 valence electrons. The molecule has 0 fully saturated rings. The maximum Gasteiger partial charge on any atom is 0.290 e. The molecular weight excluding hydrogens is 423 g/mol. The molecule has 1 amide bonds. The van der Waals surface area contributed by atoms with Crippen molar-refractivity contribution in [3.8, 4) is 0 Å². The standard InChI is InChI=1S/C23H22Cl2N2O3/c1-12-9-15-18(10-13(12)2)30-22-19(21(15)28)20(14-5-6-16(24)17(25)11-14)27(23(22)29)8-7-26(3)4/h5-6,9-11,20H,7-8H2,1-4H3/t20-/m0/s1. The van der Waals surface area contributed by atoms with Crippen LogP contribution in [0.5, 0.6) is 0 Å². The summed E-state index contributed by atoms with van der Waals surface area (Å²) in [5, 5.41) is 1.27. The van der Waals surface area contributed by atoms with Gasteiger partial charge in [-0.3, -0.25) is 9.59 Å². The van der Waals surface area contributed by atoms with Crippen molar-refractivity contribution in [1.29, 1.82) is 0 Å². The van der Waals surface area contributed by atoms with Gasteiger partial charge >= 0.3 is 0 Å². The fraction of sp³-hybridized carbons (Fsp3) is 0.304.